The maximum absolute atomic E-state index is 10.0. The Kier molecular flexibility index (Phi) is 6.25. The molecule has 0 fully saturated rings. The molecule has 0 radical (unpaired) electrons. The highest BCUT2D eigenvalue weighted by atomic mass is 79.9. The van der Waals surface area contributed by atoms with Crippen LogP contribution in [-0.4, -0.2) is 4.57 Å². The van der Waals surface area contributed by atoms with Crippen LogP contribution in [0.4, 0.5) is 0 Å². The van der Waals surface area contributed by atoms with Gasteiger partial charge in [0.05, 0.1) is 23.0 Å². The smallest absolute Gasteiger partial charge is 0.0998 e. The van der Waals surface area contributed by atoms with Crippen LogP contribution in [0.15, 0.2) is 126 Å². The number of nitriles is 1. The first-order valence-electron chi connectivity index (χ1n) is 11.0. The van der Waals surface area contributed by atoms with E-state index in [1.54, 1.807) is 0 Å². The van der Waals surface area contributed by atoms with Gasteiger partial charge >= 0.3 is 0 Å². The monoisotopic (exact) mass is 500 g/mol. The zero-order chi connectivity index (χ0) is 23.3. The molecular weight excluding hydrogens is 480 g/mol. The molecule has 4 aromatic carbocycles. The summed E-state index contributed by atoms with van der Waals surface area (Å²) < 4.78 is 3.31. The fraction of sp³-hybridized carbons (Fsp3) is 0. The van der Waals surface area contributed by atoms with E-state index in [0.29, 0.717) is 5.57 Å². The second-order valence-corrected chi connectivity index (χ2v) is 8.83. The molecular formula is C31H21BrN2. The Morgan fingerprint density at radius 2 is 1.26 bits per heavy atom. The summed E-state index contributed by atoms with van der Waals surface area (Å²) >= 11 is 3.56. The van der Waals surface area contributed by atoms with Gasteiger partial charge in [-0.15, -0.1) is 0 Å². The third kappa shape index (κ3) is 4.37. The van der Waals surface area contributed by atoms with Gasteiger partial charge in [-0.1, -0.05) is 107 Å². The van der Waals surface area contributed by atoms with Gasteiger partial charge in [-0.3, -0.25) is 0 Å². The zero-order valence-electron chi connectivity index (χ0n) is 18.4. The molecule has 0 amide bonds. The van der Waals surface area contributed by atoms with Crippen molar-refractivity contribution in [1.29, 1.82) is 5.26 Å². The molecule has 5 aromatic rings. The summed E-state index contributed by atoms with van der Waals surface area (Å²) in [5.41, 5.74) is 7.90. The lowest BCUT2D eigenvalue weighted by molar-refractivity contribution is 1.09. The molecule has 0 bridgehead atoms. The van der Waals surface area contributed by atoms with Gasteiger partial charge in [0, 0.05) is 15.7 Å². The number of nitrogens with zero attached hydrogens (tertiary/aromatic N) is 2. The van der Waals surface area contributed by atoms with E-state index in [9.17, 15) is 5.26 Å². The highest BCUT2D eigenvalue weighted by Gasteiger charge is 2.19. The molecule has 34 heavy (non-hydrogen) atoms. The van der Waals surface area contributed by atoms with E-state index in [0.717, 1.165) is 43.8 Å². The fourth-order valence-electron chi connectivity index (χ4n) is 4.16. The summed E-state index contributed by atoms with van der Waals surface area (Å²) in [6, 6.07) is 43.5. The molecule has 0 saturated carbocycles. The lowest BCUT2D eigenvalue weighted by Gasteiger charge is -2.15. The van der Waals surface area contributed by atoms with Crippen LogP contribution in [0.25, 0.3) is 39.9 Å². The Balaban J connectivity index is 1.84. The first-order valence-corrected chi connectivity index (χ1v) is 11.8. The van der Waals surface area contributed by atoms with Crippen LogP contribution in [0.5, 0.6) is 0 Å². The molecule has 1 aromatic heterocycles. The Morgan fingerprint density at radius 3 is 1.85 bits per heavy atom. The van der Waals surface area contributed by atoms with Crippen molar-refractivity contribution in [2.45, 2.75) is 0 Å². The van der Waals surface area contributed by atoms with Crippen LogP contribution >= 0.6 is 15.9 Å². The van der Waals surface area contributed by atoms with Gasteiger partial charge in [-0.2, -0.15) is 5.26 Å². The number of rotatable bonds is 5. The molecule has 2 nitrogen and oxygen atoms in total. The van der Waals surface area contributed by atoms with Crippen molar-refractivity contribution in [2.75, 3.05) is 0 Å². The normalized spacial score (nSPS) is 11.2. The molecule has 0 spiro atoms. The van der Waals surface area contributed by atoms with Gasteiger partial charge in [0.2, 0.25) is 0 Å². The quantitative estimate of drug-likeness (QED) is 0.222. The van der Waals surface area contributed by atoms with Crippen molar-refractivity contribution in [3.8, 4) is 34.3 Å². The third-order valence-corrected chi connectivity index (χ3v) is 6.27. The van der Waals surface area contributed by atoms with Crippen LogP contribution < -0.4 is 0 Å². The Morgan fingerprint density at radius 1 is 0.706 bits per heavy atom. The predicted octanol–water partition coefficient (Wildman–Crippen LogP) is 8.64. The van der Waals surface area contributed by atoms with Crippen LogP contribution in [0.3, 0.4) is 0 Å². The molecule has 0 saturated heterocycles. The van der Waals surface area contributed by atoms with Crippen molar-refractivity contribution in [3.05, 3.63) is 137 Å². The lowest BCUT2D eigenvalue weighted by Crippen LogP contribution is -2.00. The molecule has 0 atom stereocenters. The number of allylic oxidation sites excluding steroid dienone is 1. The first-order chi connectivity index (χ1) is 16.7. The minimum Gasteiger partial charge on any atom is -0.309 e. The molecule has 0 N–H and O–H groups in total. The van der Waals surface area contributed by atoms with E-state index < -0.39 is 0 Å². The second-order valence-electron chi connectivity index (χ2n) is 7.91. The minimum atomic E-state index is 0.630. The van der Waals surface area contributed by atoms with Crippen molar-refractivity contribution in [1.82, 2.24) is 4.57 Å². The Bertz CT molecular complexity index is 1470. The summed E-state index contributed by atoms with van der Waals surface area (Å²) in [7, 11) is 0. The van der Waals surface area contributed by atoms with Crippen LogP contribution in [0, 0.1) is 11.3 Å². The van der Waals surface area contributed by atoms with Crippen molar-refractivity contribution in [3.63, 3.8) is 0 Å². The van der Waals surface area contributed by atoms with Gasteiger partial charge in [0.25, 0.3) is 0 Å². The topological polar surface area (TPSA) is 28.7 Å². The fourth-order valence-corrected chi connectivity index (χ4v) is 4.43. The van der Waals surface area contributed by atoms with E-state index in [-0.39, 0.29) is 0 Å². The van der Waals surface area contributed by atoms with Gasteiger partial charge in [0.1, 0.15) is 0 Å². The summed E-state index contributed by atoms with van der Waals surface area (Å²) in [5, 5.41) is 10.0. The first kappa shape index (κ1) is 21.7. The molecule has 0 aliphatic heterocycles. The number of hydrogen-bond donors (Lipinski definition) is 0. The zero-order valence-corrected chi connectivity index (χ0v) is 20.0. The Labute approximate surface area is 208 Å². The molecule has 5 rings (SSSR count). The van der Waals surface area contributed by atoms with E-state index in [1.807, 2.05) is 60.7 Å². The summed E-state index contributed by atoms with van der Waals surface area (Å²) in [4.78, 5) is 0. The van der Waals surface area contributed by atoms with Gasteiger partial charge in [-0.25, -0.2) is 0 Å². The SMILES string of the molecule is N#C/C(=C\c1cc(-c2ccccc2)n(-c2ccc(Br)cc2)c1-c1ccccc1)c1ccccc1. The van der Waals surface area contributed by atoms with E-state index in [2.05, 4.69) is 93.3 Å². The summed E-state index contributed by atoms with van der Waals surface area (Å²) in [6.07, 6.45) is 2.00. The largest absolute Gasteiger partial charge is 0.309 e. The maximum Gasteiger partial charge on any atom is 0.0998 e. The van der Waals surface area contributed by atoms with Crippen molar-refractivity contribution < 1.29 is 0 Å². The summed E-state index contributed by atoms with van der Waals surface area (Å²) in [5.74, 6) is 0. The lowest BCUT2D eigenvalue weighted by atomic mass is 10.0. The highest BCUT2D eigenvalue weighted by molar-refractivity contribution is 9.10. The third-order valence-electron chi connectivity index (χ3n) is 5.74. The van der Waals surface area contributed by atoms with E-state index in [1.165, 1.54) is 0 Å². The van der Waals surface area contributed by atoms with Crippen molar-refractivity contribution >= 4 is 27.6 Å². The average Bonchev–Trinajstić information content (AvgIpc) is 3.28. The van der Waals surface area contributed by atoms with E-state index in [4.69, 9.17) is 0 Å². The second kappa shape index (κ2) is 9.79. The Hall–Kier alpha value is -4.13. The van der Waals surface area contributed by atoms with Gasteiger partial charge < -0.3 is 4.57 Å². The average molecular weight is 501 g/mol. The number of benzene rings is 4. The predicted molar refractivity (Wildman–Crippen MR) is 144 cm³/mol. The minimum absolute atomic E-state index is 0.630. The highest BCUT2D eigenvalue weighted by Crippen LogP contribution is 2.38. The van der Waals surface area contributed by atoms with Crippen LogP contribution in [-0.2, 0) is 0 Å². The van der Waals surface area contributed by atoms with Gasteiger partial charge in [0.15, 0.2) is 0 Å². The molecule has 0 aliphatic rings. The molecule has 0 aliphatic carbocycles. The number of hydrogen-bond acceptors (Lipinski definition) is 1. The standard InChI is InChI=1S/C31H21BrN2/c32-28-16-18-29(19-17-28)34-30(24-12-6-2-7-13-24)21-26(31(34)25-14-8-3-9-15-25)20-27(22-33)23-10-4-1-5-11-23/h1-21H/b27-20+. The number of aromatic nitrogens is 1. The molecule has 0 unspecified atom stereocenters. The molecule has 3 heteroatoms. The van der Waals surface area contributed by atoms with Crippen molar-refractivity contribution in [2.24, 2.45) is 0 Å². The summed E-state index contributed by atoms with van der Waals surface area (Å²) in [6.45, 7) is 0. The molecule has 162 valence electrons. The number of halogens is 1. The van der Waals surface area contributed by atoms with Crippen LogP contribution in [0.1, 0.15) is 11.1 Å². The maximum atomic E-state index is 10.0. The van der Waals surface area contributed by atoms with Gasteiger partial charge in [-0.05, 0) is 53.1 Å². The molecule has 1 heterocycles. The van der Waals surface area contributed by atoms with Crippen LogP contribution in [0.2, 0.25) is 0 Å². The van der Waals surface area contributed by atoms with E-state index >= 15 is 0 Å².